The molecule has 146 valence electrons. The number of hydrogen-bond acceptors (Lipinski definition) is 3. The van der Waals surface area contributed by atoms with Gasteiger partial charge in [-0.25, -0.2) is 0 Å². The summed E-state index contributed by atoms with van der Waals surface area (Å²) < 4.78 is 5.65. The van der Waals surface area contributed by atoms with Crippen LogP contribution in [0.4, 0.5) is 0 Å². The van der Waals surface area contributed by atoms with E-state index in [2.05, 4.69) is 32.0 Å². The maximum Gasteiger partial charge on any atom is 0.0611 e. The van der Waals surface area contributed by atoms with E-state index in [0.29, 0.717) is 12.0 Å². The normalized spacial score (nSPS) is 28.5. The van der Waals surface area contributed by atoms with Crippen LogP contribution >= 0.6 is 0 Å². The molecule has 1 fully saturated rings. The third-order valence-corrected chi connectivity index (χ3v) is 6.45. The highest BCUT2D eigenvalue weighted by atomic mass is 16.5. The summed E-state index contributed by atoms with van der Waals surface area (Å²) in [6.07, 6.45) is 10.9. The van der Waals surface area contributed by atoms with E-state index >= 15 is 0 Å². The van der Waals surface area contributed by atoms with Crippen LogP contribution in [0.25, 0.3) is 0 Å². The molecule has 2 aliphatic rings. The van der Waals surface area contributed by atoms with E-state index in [0.717, 1.165) is 31.8 Å². The van der Waals surface area contributed by atoms with Crippen LogP contribution < -0.4 is 5.73 Å². The van der Waals surface area contributed by atoms with E-state index in [9.17, 15) is 5.11 Å². The lowest BCUT2D eigenvalue weighted by atomic mass is 9.80. The van der Waals surface area contributed by atoms with Crippen molar-refractivity contribution in [1.29, 1.82) is 0 Å². The summed E-state index contributed by atoms with van der Waals surface area (Å²) in [6.45, 7) is 5.23. The topological polar surface area (TPSA) is 55.5 Å². The molecule has 0 amide bonds. The molecule has 3 rings (SSSR count). The van der Waals surface area contributed by atoms with Crippen molar-refractivity contribution in [1.82, 2.24) is 0 Å². The fourth-order valence-electron chi connectivity index (χ4n) is 4.79. The first kappa shape index (κ1) is 19.9. The van der Waals surface area contributed by atoms with Crippen molar-refractivity contribution < 1.29 is 9.84 Å². The van der Waals surface area contributed by atoms with Gasteiger partial charge >= 0.3 is 0 Å². The summed E-state index contributed by atoms with van der Waals surface area (Å²) in [7, 11) is 0. The minimum atomic E-state index is -0.356. The largest absolute Gasteiger partial charge is 0.394 e. The highest BCUT2D eigenvalue weighted by Gasteiger charge is 2.36. The Labute approximate surface area is 159 Å². The van der Waals surface area contributed by atoms with Gasteiger partial charge in [0.1, 0.15) is 0 Å². The second-order valence-corrected chi connectivity index (χ2v) is 9.01. The maximum atomic E-state index is 9.51. The van der Waals surface area contributed by atoms with Crippen LogP contribution in [0.5, 0.6) is 0 Å². The number of benzene rings is 1. The van der Waals surface area contributed by atoms with Gasteiger partial charge in [-0.05, 0) is 87.3 Å². The van der Waals surface area contributed by atoms with Gasteiger partial charge in [0, 0.05) is 12.1 Å². The van der Waals surface area contributed by atoms with Gasteiger partial charge < -0.3 is 15.6 Å². The first-order valence-corrected chi connectivity index (χ1v) is 10.6. The molecule has 0 saturated heterocycles. The van der Waals surface area contributed by atoms with Crippen molar-refractivity contribution >= 4 is 0 Å². The highest BCUT2D eigenvalue weighted by molar-refractivity contribution is 5.36. The predicted octanol–water partition coefficient (Wildman–Crippen LogP) is 4.34. The number of fused-ring (bicyclic) bond motifs is 1. The maximum absolute atomic E-state index is 9.51. The average Bonchev–Trinajstić information content (AvgIpc) is 3.04. The van der Waals surface area contributed by atoms with E-state index in [1.165, 1.54) is 44.1 Å². The van der Waals surface area contributed by atoms with Gasteiger partial charge in [0.25, 0.3) is 0 Å². The van der Waals surface area contributed by atoms with Gasteiger partial charge in [0.15, 0.2) is 0 Å². The van der Waals surface area contributed by atoms with Crippen molar-refractivity contribution in [2.75, 3.05) is 13.2 Å². The van der Waals surface area contributed by atoms with E-state index in [4.69, 9.17) is 10.5 Å². The molecule has 0 aliphatic heterocycles. The van der Waals surface area contributed by atoms with Crippen molar-refractivity contribution in [2.45, 2.75) is 89.2 Å². The van der Waals surface area contributed by atoms with Crippen LogP contribution in [0, 0.1) is 5.92 Å². The molecule has 1 saturated carbocycles. The minimum Gasteiger partial charge on any atom is -0.394 e. The molecule has 3 heteroatoms. The lowest BCUT2D eigenvalue weighted by Gasteiger charge is -2.26. The van der Waals surface area contributed by atoms with Gasteiger partial charge in [-0.3, -0.25) is 0 Å². The molecule has 3 nitrogen and oxygen atoms in total. The zero-order valence-electron chi connectivity index (χ0n) is 16.7. The van der Waals surface area contributed by atoms with Crippen LogP contribution in [0.1, 0.15) is 81.4 Å². The molecule has 1 aromatic rings. The lowest BCUT2D eigenvalue weighted by molar-refractivity contribution is 0.0750. The Balaban J connectivity index is 1.50. The number of rotatable bonds is 8. The first-order chi connectivity index (χ1) is 12.5. The minimum absolute atomic E-state index is 0.109. The van der Waals surface area contributed by atoms with Crippen LogP contribution in [-0.4, -0.2) is 30.0 Å². The Bertz CT molecular complexity index is 586. The summed E-state index contributed by atoms with van der Waals surface area (Å²) in [5.41, 5.74) is 10.5. The summed E-state index contributed by atoms with van der Waals surface area (Å²) in [6, 6.07) is 7.13. The predicted molar refractivity (Wildman–Crippen MR) is 107 cm³/mol. The Morgan fingerprint density at radius 2 is 2.08 bits per heavy atom. The second-order valence-electron chi connectivity index (χ2n) is 9.01. The summed E-state index contributed by atoms with van der Waals surface area (Å²) in [4.78, 5) is 0. The molecule has 26 heavy (non-hydrogen) atoms. The van der Waals surface area contributed by atoms with Gasteiger partial charge in [0.2, 0.25) is 0 Å². The molecule has 0 heterocycles. The zero-order chi connectivity index (χ0) is 18.6. The monoisotopic (exact) mass is 359 g/mol. The van der Waals surface area contributed by atoms with Gasteiger partial charge in [-0.1, -0.05) is 31.0 Å². The average molecular weight is 360 g/mol. The molecule has 0 radical (unpaired) electrons. The SMILES string of the molecule is CC(C)OCCCC[C@@H]1CCc2cc([C@H]3CC[C@](N)(CO)C3)ccc2C1. The number of aliphatic hydroxyl groups is 1. The molecule has 1 aromatic carbocycles. The molecule has 3 atom stereocenters. The van der Waals surface area contributed by atoms with E-state index < -0.39 is 0 Å². The molecule has 2 aliphatic carbocycles. The number of hydrogen-bond donors (Lipinski definition) is 2. The van der Waals surface area contributed by atoms with Gasteiger partial charge in [-0.2, -0.15) is 0 Å². The van der Waals surface area contributed by atoms with Crippen LogP contribution in [0.2, 0.25) is 0 Å². The van der Waals surface area contributed by atoms with E-state index in [-0.39, 0.29) is 12.1 Å². The molecule has 0 aromatic heterocycles. The van der Waals surface area contributed by atoms with Crippen molar-refractivity contribution in [3.63, 3.8) is 0 Å². The summed E-state index contributed by atoms with van der Waals surface area (Å²) >= 11 is 0. The number of aliphatic hydroxyl groups excluding tert-OH is 1. The van der Waals surface area contributed by atoms with Gasteiger partial charge in [-0.15, -0.1) is 0 Å². The fraction of sp³-hybridized carbons (Fsp3) is 0.739. The molecule has 3 N–H and O–H groups in total. The quantitative estimate of drug-likeness (QED) is 0.679. The molecule has 0 bridgehead atoms. The van der Waals surface area contributed by atoms with Crippen molar-refractivity contribution in [3.8, 4) is 0 Å². The number of ether oxygens (including phenoxy) is 1. The Morgan fingerprint density at radius 3 is 2.81 bits per heavy atom. The highest BCUT2D eigenvalue weighted by Crippen LogP contribution is 2.40. The third kappa shape index (κ3) is 5.09. The van der Waals surface area contributed by atoms with Crippen LogP contribution in [-0.2, 0) is 17.6 Å². The fourth-order valence-corrected chi connectivity index (χ4v) is 4.79. The number of aryl methyl sites for hydroxylation is 1. The van der Waals surface area contributed by atoms with Crippen LogP contribution in [0.15, 0.2) is 18.2 Å². The van der Waals surface area contributed by atoms with E-state index in [1.54, 1.807) is 11.1 Å². The summed E-state index contributed by atoms with van der Waals surface area (Å²) in [5, 5.41) is 9.51. The number of nitrogens with two attached hydrogens (primary N) is 1. The molecule has 0 unspecified atom stereocenters. The summed E-state index contributed by atoms with van der Waals surface area (Å²) in [5.74, 6) is 1.36. The zero-order valence-corrected chi connectivity index (χ0v) is 16.7. The first-order valence-electron chi connectivity index (χ1n) is 10.6. The Morgan fingerprint density at radius 1 is 1.23 bits per heavy atom. The van der Waals surface area contributed by atoms with Crippen LogP contribution in [0.3, 0.4) is 0 Å². The second kappa shape index (κ2) is 8.86. The van der Waals surface area contributed by atoms with Crippen molar-refractivity contribution in [2.24, 2.45) is 11.7 Å². The Hall–Kier alpha value is -0.900. The van der Waals surface area contributed by atoms with E-state index in [1.807, 2.05) is 0 Å². The standard InChI is InChI=1S/C23H37NO2/c1-17(2)26-12-4-3-5-18-6-7-20-14-21(9-8-19(20)13-18)22-10-11-23(24,15-22)16-25/h8-9,14,17-18,22,25H,3-7,10-13,15-16,24H2,1-2H3/t18-,22+,23-/m1/s1. The number of unbranched alkanes of at least 4 members (excludes halogenated alkanes) is 1. The van der Waals surface area contributed by atoms with Crippen molar-refractivity contribution in [3.05, 3.63) is 34.9 Å². The molecular weight excluding hydrogens is 322 g/mol. The smallest absolute Gasteiger partial charge is 0.0611 e. The van der Waals surface area contributed by atoms with Gasteiger partial charge in [0.05, 0.1) is 12.7 Å². The molecule has 0 spiro atoms. The molecular formula is C23H37NO2. The lowest BCUT2D eigenvalue weighted by Crippen LogP contribution is -2.40. The third-order valence-electron chi connectivity index (χ3n) is 6.45. The Kier molecular flexibility index (Phi) is 6.76.